The first kappa shape index (κ1) is 20.0. The van der Waals surface area contributed by atoms with Crippen LogP contribution in [0.5, 0.6) is 5.75 Å². The summed E-state index contributed by atoms with van der Waals surface area (Å²) in [6.07, 6.45) is 0.722. The SMILES string of the molecule is O=Cc1ccc(OCC(=O)Nc2ccc(S(=O)(=O)N3CCOCC3)cc2)cc1. The molecule has 148 valence electrons. The number of amides is 1. The average molecular weight is 404 g/mol. The number of nitrogens with zero attached hydrogens (tertiary/aromatic N) is 1. The number of benzene rings is 2. The first-order valence-electron chi connectivity index (χ1n) is 8.65. The molecular formula is C19H20N2O6S. The standard InChI is InChI=1S/C19H20N2O6S/c22-13-15-1-5-17(6-2-15)27-14-19(23)20-16-3-7-18(8-4-16)28(24,25)21-9-11-26-12-10-21/h1-8,13H,9-12,14H2,(H,20,23). The highest BCUT2D eigenvalue weighted by Gasteiger charge is 2.26. The number of hydrogen-bond donors (Lipinski definition) is 1. The van der Waals surface area contributed by atoms with Gasteiger partial charge in [0.1, 0.15) is 12.0 Å². The number of ether oxygens (including phenoxy) is 2. The van der Waals surface area contributed by atoms with Gasteiger partial charge >= 0.3 is 0 Å². The molecule has 1 N–H and O–H groups in total. The van der Waals surface area contributed by atoms with E-state index in [0.717, 1.165) is 6.29 Å². The van der Waals surface area contributed by atoms with Crippen LogP contribution in [0.3, 0.4) is 0 Å². The summed E-state index contributed by atoms with van der Waals surface area (Å²) in [5.41, 5.74) is 0.981. The highest BCUT2D eigenvalue weighted by atomic mass is 32.2. The number of carbonyl (C=O) groups is 2. The Bertz CT molecular complexity index is 920. The second kappa shape index (κ2) is 8.96. The third-order valence-corrected chi connectivity index (χ3v) is 6.04. The molecule has 0 unspecified atom stereocenters. The maximum atomic E-state index is 12.6. The highest BCUT2D eigenvalue weighted by molar-refractivity contribution is 7.89. The average Bonchev–Trinajstić information content (AvgIpc) is 2.73. The molecule has 3 rings (SSSR count). The van der Waals surface area contributed by atoms with Crippen LogP contribution in [-0.4, -0.2) is 57.8 Å². The van der Waals surface area contributed by atoms with Gasteiger partial charge in [-0.05, 0) is 48.5 Å². The maximum absolute atomic E-state index is 12.6. The van der Waals surface area contributed by atoms with Crippen molar-refractivity contribution in [1.29, 1.82) is 0 Å². The largest absolute Gasteiger partial charge is 0.484 e. The summed E-state index contributed by atoms with van der Waals surface area (Å²) in [6.45, 7) is 1.20. The molecule has 28 heavy (non-hydrogen) atoms. The molecular weight excluding hydrogens is 384 g/mol. The van der Waals surface area contributed by atoms with E-state index in [-0.39, 0.29) is 17.4 Å². The zero-order valence-electron chi connectivity index (χ0n) is 15.0. The van der Waals surface area contributed by atoms with Crippen LogP contribution in [0, 0.1) is 0 Å². The van der Waals surface area contributed by atoms with Crippen molar-refractivity contribution in [3.8, 4) is 5.75 Å². The molecule has 1 aliphatic heterocycles. The fourth-order valence-corrected chi connectivity index (χ4v) is 4.04. The second-order valence-electron chi connectivity index (χ2n) is 6.06. The number of hydrogen-bond acceptors (Lipinski definition) is 6. The van der Waals surface area contributed by atoms with Gasteiger partial charge in [-0.1, -0.05) is 0 Å². The van der Waals surface area contributed by atoms with Crippen molar-refractivity contribution < 1.29 is 27.5 Å². The van der Waals surface area contributed by atoms with Crippen molar-refractivity contribution in [3.05, 3.63) is 54.1 Å². The van der Waals surface area contributed by atoms with Crippen LogP contribution in [-0.2, 0) is 19.6 Å². The van der Waals surface area contributed by atoms with Gasteiger partial charge in [0.15, 0.2) is 6.61 Å². The smallest absolute Gasteiger partial charge is 0.262 e. The van der Waals surface area contributed by atoms with Gasteiger partial charge in [-0.3, -0.25) is 9.59 Å². The molecule has 2 aromatic carbocycles. The second-order valence-corrected chi connectivity index (χ2v) is 8.00. The Labute approximate surface area is 163 Å². The van der Waals surface area contributed by atoms with Crippen LogP contribution in [0.15, 0.2) is 53.4 Å². The molecule has 0 radical (unpaired) electrons. The fraction of sp³-hybridized carbons (Fsp3) is 0.263. The topological polar surface area (TPSA) is 102 Å². The predicted molar refractivity (Wildman–Crippen MR) is 102 cm³/mol. The Hall–Kier alpha value is -2.75. The van der Waals surface area contributed by atoms with Gasteiger partial charge in [0.2, 0.25) is 10.0 Å². The number of anilines is 1. The molecule has 0 aromatic heterocycles. The molecule has 0 aliphatic carbocycles. The van der Waals surface area contributed by atoms with Crippen molar-refractivity contribution in [1.82, 2.24) is 4.31 Å². The molecule has 2 aromatic rings. The molecule has 1 saturated heterocycles. The van der Waals surface area contributed by atoms with Gasteiger partial charge < -0.3 is 14.8 Å². The number of nitrogens with one attached hydrogen (secondary N) is 1. The van der Waals surface area contributed by atoms with Crippen molar-refractivity contribution in [2.45, 2.75) is 4.90 Å². The van der Waals surface area contributed by atoms with E-state index < -0.39 is 10.0 Å². The molecule has 1 heterocycles. The third kappa shape index (κ3) is 4.94. The number of carbonyl (C=O) groups excluding carboxylic acids is 2. The summed E-state index contributed by atoms with van der Waals surface area (Å²) in [6, 6.07) is 12.4. The van der Waals surface area contributed by atoms with Crippen LogP contribution in [0.1, 0.15) is 10.4 Å². The van der Waals surface area contributed by atoms with Crippen LogP contribution in [0.25, 0.3) is 0 Å². The lowest BCUT2D eigenvalue weighted by atomic mass is 10.2. The van der Waals surface area contributed by atoms with Crippen molar-refractivity contribution >= 4 is 27.9 Å². The first-order valence-corrected chi connectivity index (χ1v) is 10.1. The van der Waals surface area contributed by atoms with Gasteiger partial charge in [-0.15, -0.1) is 0 Å². The molecule has 0 bridgehead atoms. The molecule has 1 aliphatic rings. The third-order valence-electron chi connectivity index (χ3n) is 4.13. The molecule has 0 saturated carbocycles. The van der Waals surface area contributed by atoms with Crippen molar-refractivity contribution in [2.75, 3.05) is 38.2 Å². The summed E-state index contributed by atoms with van der Waals surface area (Å²) >= 11 is 0. The fourth-order valence-electron chi connectivity index (χ4n) is 2.63. The number of morpholine rings is 1. The van der Waals surface area contributed by atoms with E-state index in [1.807, 2.05) is 0 Å². The zero-order valence-corrected chi connectivity index (χ0v) is 15.9. The van der Waals surface area contributed by atoms with Gasteiger partial charge in [-0.2, -0.15) is 4.31 Å². The number of rotatable bonds is 7. The minimum Gasteiger partial charge on any atom is -0.484 e. The summed E-state index contributed by atoms with van der Waals surface area (Å²) < 4.78 is 37.1. The molecule has 8 nitrogen and oxygen atoms in total. The first-order chi connectivity index (χ1) is 13.5. The number of aldehydes is 1. The van der Waals surface area contributed by atoms with E-state index >= 15 is 0 Å². The normalized spacial score (nSPS) is 15.0. The quantitative estimate of drug-likeness (QED) is 0.703. The summed E-state index contributed by atoms with van der Waals surface area (Å²) in [4.78, 5) is 22.8. The Morgan fingerprint density at radius 2 is 1.71 bits per heavy atom. The van der Waals surface area contributed by atoms with Gasteiger partial charge in [0.25, 0.3) is 5.91 Å². The van der Waals surface area contributed by atoms with E-state index in [0.29, 0.717) is 43.3 Å². The predicted octanol–water partition coefficient (Wildman–Crippen LogP) is 1.54. The summed E-state index contributed by atoms with van der Waals surface area (Å²) in [5.74, 6) is 0.0796. The minimum absolute atomic E-state index is 0.166. The highest BCUT2D eigenvalue weighted by Crippen LogP contribution is 2.19. The Balaban J connectivity index is 1.55. The Morgan fingerprint density at radius 1 is 1.07 bits per heavy atom. The van der Waals surface area contributed by atoms with Gasteiger partial charge in [-0.25, -0.2) is 8.42 Å². The lowest BCUT2D eigenvalue weighted by Gasteiger charge is -2.26. The van der Waals surface area contributed by atoms with Gasteiger partial charge in [0.05, 0.1) is 18.1 Å². The van der Waals surface area contributed by atoms with Crippen molar-refractivity contribution in [3.63, 3.8) is 0 Å². The van der Waals surface area contributed by atoms with Crippen LogP contribution >= 0.6 is 0 Å². The van der Waals surface area contributed by atoms with E-state index in [9.17, 15) is 18.0 Å². The van der Waals surface area contributed by atoms with E-state index in [4.69, 9.17) is 9.47 Å². The monoisotopic (exact) mass is 404 g/mol. The van der Waals surface area contributed by atoms with Crippen molar-refractivity contribution in [2.24, 2.45) is 0 Å². The summed E-state index contributed by atoms with van der Waals surface area (Å²) in [5, 5.41) is 2.64. The minimum atomic E-state index is -3.57. The molecule has 9 heteroatoms. The molecule has 1 amide bonds. The zero-order chi connectivity index (χ0) is 20.0. The van der Waals surface area contributed by atoms with Crippen LogP contribution in [0.4, 0.5) is 5.69 Å². The molecule has 1 fully saturated rings. The van der Waals surface area contributed by atoms with E-state index in [2.05, 4.69) is 5.32 Å². The van der Waals surface area contributed by atoms with E-state index in [1.54, 1.807) is 24.3 Å². The number of sulfonamides is 1. The van der Waals surface area contributed by atoms with E-state index in [1.165, 1.54) is 28.6 Å². The molecule has 0 atom stereocenters. The van der Waals surface area contributed by atoms with Gasteiger partial charge in [0, 0.05) is 24.3 Å². The Kier molecular flexibility index (Phi) is 6.40. The maximum Gasteiger partial charge on any atom is 0.262 e. The Morgan fingerprint density at radius 3 is 2.32 bits per heavy atom. The lowest BCUT2D eigenvalue weighted by molar-refractivity contribution is -0.118. The van der Waals surface area contributed by atoms with Crippen LogP contribution in [0.2, 0.25) is 0 Å². The van der Waals surface area contributed by atoms with Crippen LogP contribution < -0.4 is 10.1 Å². The molecule has 0 spiro atoms. The lowest BCUT2D eigenvalue weighted by Crippen LogP contribution is -2.40. The summed E-state index contributed by atoms with van der Waals surface area (Å²) in [7, 11) is -3.57.